The number of fused-ring (bicyclic) bond motifs is 6. The molecule has 0 atom stereocenters. The molecule has 0 spiro atoms. The summed E-state index contributed by atoms with van der Waals surface area (Å²) >= 11 is 7.91. The number of aliphatic hydroxyl groups is 2. The Hall–Kier alpha value is -4.75. The van der Waals surface area contributed by atoms with Crippen LogP contribution in [-0.2, 0) is 18.6 Å². The monoisotopic (exact) mass is 1380 g/mol. The fourth-order valence-electron chi connectivity index (χ4n) is 9.57. The van der Waals surface area contributed by atoms with Crippen molar-refractivity contribution in [2.24, 2.45) is 0 Å². The van der Waals surface area contributed by atoms with Gasteiger partial charge in [-0.1, -0.05) is 207 Å². The summed E-state index contributed by atoms with van der Waals surface area (Å²) in [6.45, 7) is 22.6. The van der Waals surface area contributed by atoms with E-state index in [1.54, 1.807) is 27.7 Å². The first-order chi connectivity index (χ1) is 38.8. The molecule has 2 radical (unpaired) electrons. The maximum absolute atomic E-state index is 9.10. The fraction of sp³-hybridized carbons (Fsp3) is 0.294. The molecule has 0 aliphatic carbocycles. The van der Waals surface area contributed by atoms with Gasteiger partial charge >= 0.3 is 14.1 Å². The van der Waals surface area contributed by atoms with E-state index in [9.17, 15) is 0 Å². The highest BCUT2D eigenvalue weighted by Gasteiger charge is 2.52. The lowest BCUT2D eigenvalue weighted by Gasteiger charge is -2.32. The summed E-state index contributed by atoms with van der Waals surface area (Å²) < 4.78 is 29.1. The van der Waals surface area contributed by atoms with Gasteiger partial charge in [0, 0.05) is 37.1 Å². The zero-order valence-corrected chi connectivity index (χ0v) is 55.7. The maximum atomic E-state index is 9.10. The summed E-state index contributed by atoms with van der Waals surface area (Å²) in [5, 5.41) is 23.3. The number of alkyl halides is 2. The van der Waals surface area contributed by atoms with Crippen LogP contribution in [0.15, 0.2) is 199 Å². The highest BCUT2D eigenvalue weighted by atomic mass is 127. The number of nitrogens with zero attached hydrogens (tertiary/aromatic N) is 2. The Labute approximate surface area is 524 Å². The van der Waals surface area contributed by atoms with E-state index in [0.29, 0.717) is 0 Å². The molecule has 8 nitrogen and oxygen atoms in total. The molecule has 2 fully saturated rings. The highest BCUT2D eigenvalue weighted by molar-refractivity contribution is 14.1. The van der Waals surface area contributed by atoms with Crippen LogP contribution in [0, 0.1) is 0 Å². The van der Waals surface area contributed by atoms with Crippen LogP contribution in [0.1, 0.15) is 83.1 Å². The van der Waals surface area contributed by atoms with Crippen molar-refractivity contribution < 1.29 is 28.8 Å². The van der Waals surface area contributed by atoms with E-state index in [-0.39, 0.29) is 29.5 Å². The maximum Gasteiger partial charge on any atom is 0.494 e. The number of aromatic nitrogens is 2. The number of para-hydroxylation sites is 6. The Balaban J connectivity index is 0.000000177. The lowest BCUT2D eigenvalue weighted by Crippen LogP contribution is -2.44. The summed E-state index contributed by atoms with van der Waals surface area (Å²) in [5.74, 6) is 0. The van der Waals surface area contributed by atoms with Gasteiger partial charge in [-0.15, -0.1) is 0 Å². The van der Waals surface area contributed by atoms with Gasteiger partial charge in [0.25, 0.3) is 0 Å². The molecule has 8 aromatic carbocycles. The molecule has 10 aromatic rings. The molecule has 424 valence electrons. The average molecular weight is 1380 g/mol. The molecule has 2 N–H and O–H groups in total. The second kappa shape index (κ2) is 26.7. The van der Waals surface area contributed by atoms with E-state index in [1.165, 1.54) is 66.0 Å². The Morgan fingerprint density at radius 1 is 0.415 bits per heavy atom. The van der Waals surface area contributed by atoms with Crippen LogP contribution < -0.4 is 5.46 Å². The predicted molar refractivity (Wildman–Crippen MR) is 370 cm³/mol. The van der Waals surface area contributed by atoms with Crippen LogP contribution in [0.4, 0.5) is 0 Å². The van der Waals surface area contributed by atoms with E-state index < -0.39 is 18.2 Å². The Kier molecular flexibility index (Phi) is 21.1. The first kappa shape index (κ1) is 64.8. The summed E-state index contributed by atoms with van der Waals surface area (Å²) in [7, 11) is 4.49. The summed E-state index contributed by atoms with van der Waals surface area (Å²) in [6.07, 6.45) is 0. The van der Waals surface area contributed by atoms with Crippen molar-refractivity contribution in [3.63, 3.8) is 0 Å². The third kappa shape index (κ3) is 14.0. The second-order valence-corrected chi connectivity index (χ2v) is 24.2. The van der Waals surface area contributed by atoms with E-state index in [4.69, 9.17) is 36.6 Å². The van der Waals surface area contributed by atoms with E-state index >= 15 is 0 Å². The summed E-state index contributed by atoms with van der Waals surface area (Å²) in [6, 6.07) is 68.8. The van der Waals surface area contributed by atoms with Crippen molar-refractivity contribution in [1.82, 2.24) is 9.13 Å². The smallest absolute Gasteiger partial charge is 0.411 e. The fourth-order valence-corrected chi connectivity index (χ4v) is 9.97. The molecule has 0 saturated carbocycles. The zero-order valence-electron chi connectivity index (χ0n) is 49.8. The van der Waals surface area contributed by atoms with Crippen molar-refractivity contribution >= 4 is 132 Å². The summed E-state index contributed by atoms with van der Waals surface area (Å²) in [5.41, 5.74) is 9.70. The molecular weight excluding hydrogens is 1310 g/mol. The molecule has 2 aromatic heterocycles. The van der Waals surface area contributed by atoms with E-state index in [2.05, 4.69) is 292 Å². The molecule has 0 unspecified atom stereocenters. The van der Waals surface area contributed by atoms with Crippen LogP contribution in [0.3, 0.4) is 0 Å². The third-order valence-electron chi connectivity index (χ3n) is 16.1. The normalized spacial score (nSPS) is 15.7. The van der Waals surface area contributed by atoms with Crippen LogP contribution in [0.5, 0.6) is 0 Å². The van der Waals surface area contributed by atoms with Gasteiger partial charge in [0.05, 0.1) is 67.0 Å². The number of hydrogen-bond donors (Lipinski definition) is 2. The average Bonchev–Trinajstić information content (AvgIpc) is 2.80. The molecule has 0 amide bonds. The molecule has 2 aliphatic rings. The zero-order chi connectivity index (χ0) is 60.0. The van der Waals surface area contributed by atoms with E-state index in [1.807, 2.05) is 37.6 Å². The van der Waals surface area contributed by atoms with E-state index in [0.717, 1.165) is 21.2 Å². The van der Waals surface area contributed by atoms with Crippen molar-refractivity contribution in [3.8, 4) is 33.6 Å². The molecular formula is C68H76B3BrI2N2O6. The van der Waals surface area contributed by atoms with Crippen LogP contribution in [0.2, 0.25) is 0 Å². The third-order valence-corrected chi connectivity index (χ3v) is 16.6. The second-order valence-electron chi connectivity index (χ2n) is 23.2. The number of halogens is 3. The lowest BCUT2D eigenvalue weighted by atomic mass is 9.63. The van der Waals surface area contributed by atoms with Gasteiger partial charge in [-0.05, 0) is 158 Å². The number of benzene rings is 8. The largest absolute Gasteiger partial charge is 0.494 e. The Bertz CT molecular complexity index is 3620. The van der Waals surface area contributed by atoms with Crippen LogP contribution in [0.25, 0.3) is 77.2 Å². The molecule has 82 heavy (non-hydrogen) atoms. The van der Waals surface area contributed by atoms with Crippen molar-refractivity contribution in [3.05, 3.63) is 199 Å². The minimum Gasteiger partial charge on any atom is -0.411 e. The van der Waals surface area contributed by atoms with Gasteiger partial charge in [0.15, 0.2) is 0 Å². The SMILES string of the molecule is Brc1cccc(-c2ccccc2-n2c3ccccc3c3ccccc32)c1.CC(C)(O)C(C)(C)O.CC1(C)OB(c2cccc(-c3ccccc3-n3c4ccccc4c4ccccc43)c2)OC1(C)C.CI.CI.[B]B1OC(C)(C)C(C)(C)O1. The molecule has 14 heteroatoms. The Morgan fingerprint density at radius 3 is 1.05 bits per heavy atom. The minimum atomic E-state index is -1.01. The molecule has 12 rings (SSSR count). The van der Waals surface area contributed by atoms with Gasteiger partial charge in [-0.3, -0.25) is 0 Å². The molecule has 4 heterocycles. The van der Waals surface area contributed by atoms with Gasteiger partial charge in [0.1, 0.15) is 7.74 Å². The van der Waals surface area contributed by atoms with Crippen LogP contribution in [-0.4, -0.2) is 84.7 Å². The van der Waals surface area contributed by atoms with Gasteiger partial charge in [-0.25, -0.2) is 0 Å². The predicted octanol–water partition coefficient (Wildman–Crippen LogP) is 17.3. The summed E-state index contributed by atoms with van der Waals surface area (Å²) in [4.78, 5) is 3.94. The minimum absolute atomic E-state index is 0.285. The standard InChI is InChI=1S/C30H28BNO2.C24H16BrN.C6H12B2O2.C6H14O2.2CH3I/c1-29(2)30(3,4)34-31(33-29)22-13-11-12-21(20-22)23-14-5-8-17-26(23)32-27-18-9-6-15-24(27)25-16-7-10-19-28(25)32;25-18-9-7-8-17(16-18)19-10-1-4-13-22(19)26-23-14-5-2-11-20(23)21-12-3-6-15-24(21)26;1-5(2)6(3,4)10-8(7)9-5;1-5(2,7)6(3,4)8;2*1-2/h5-20H,1-4H3;1-16H;1-4H3;7-8H,1-4H3;2*1H3. The van der Waals surface area contributed by atoms with Crippen LogP contribution >= 0.6 is 61.1 Å². The van der Waals surface area contributed by atoms with Crippen molar-refractivity contribution in [2.45, 2.75) is 117 Å². The molecule has 2 aliphatic heterocycles. The number of rotatable bonds is 6. The van der Waals surface area contributed by atoms with Gasteiger partial charge in [0.2, 0.25) is 0 Å². The van der Waals surface area contributed by atoms with Gasteiger partial charge < -0.3 is 38.0 Å². The first-order valence-electron chi connectivity index (χ1n) is 27.5. The molecule has 0 bridgehead atoms. The topological polar surface area (TPSA) is 87.2 Å². The quantitative estimate of drug-likeness (QED) is 0.0980. The lowest BCUT2D eigenvalue weighted by molar-refractivity contribution is -0.107. The first-order valence-corrected chi connectivity index (χ1v) is 32.6. The van der Waals surface area contributed by atoms with Crippen molar-refractivity contribution in [1.29, 1.82) is 0 Å². The highest BCUT2D eigenvalue weighted by Crippen LogP contribution is 2.40. The van der Waals surface area contributed by atoms with Gasteiger partial charge in [-0.2, -0.15) is 0 Å². The Morgan fingerprint density at radius 2 is 0.720 bits per heavy atom. The number of hydrogen-bond acceptors (Lipinski definition) is 6. The van der Waals surface area contributed by atoms with Crippen molar-refractivity contribution in [2.75, 3.05) is 9.86 Å². The molecule has 2 saturated heterocycles.